The molecule has 1 unspecified atom stereocenters. The van der Waals surface area contributed by atoms with Crippen LogP contribution in [0.1, 0.15) is 6.42 Å². The molecule has 1 aromatic carbocycles. The number of anilines is 1. The molecule has 5 heteroatoms. The highest BCUT2D eigenvalue weighted by atomic mass is 35.5. The first-order valence-corrected chi connectivity index (χ1v) is 5.78. The standard InChI is InChI=1S/C10H9Cl2NOS/c11-8-2-1-6(3-9(8)12)13-5-7(15)4-10(13)14/h1-3,7,15H,4-5H2. The van der Waals surface area contributed by atoms with Crippen molar-refractivity contribution in [3.63, 3.8) is 0 Å². The van der Waals surface area contributed by atoms with E-state index in [1.807, 2.05) is 0 Å². The fourth-order valence-corrected chi connectivity index (χ4v) is 2.20. The molecule has 1 saturated heterocycles. The molecule has 0 bridgehead atoms. The number of nitrogens with zero attached hydrogens (tertiary/aromatic N) is 1. The van der Waals surface area contributed by atoms with Crippen LogP contribution in [-0.4, -0.2) is 17.7 Å². The highest BCUT2D eigenvalue weighted by Crippen LogP contribution is 2.30. The van der Waals surface area contributed by atoms with Crippen molar-refractivity contribution >= 4 is 47.4 Å². The highest BCUT2D eigenvalue weighted by molar-refractivity contribution is 7.81. The third kappa shape index (κ3) is 2.25. The van der Waals surface area contributed by atoms with Gasteiger partial charge < -0.3 is 4.90 Å². The van der Waals surface area contributed by atoms with Crippen LogP contribution in [0.4, 0.5) is 5.69 Å². The monoisotopic (exact) mass is 261 g/mol. The normalized spacial score (nSPS) is 21.1. The van der Waals surface area contributed by atoms with Gasteiger partial charge in [0.05, 0.1) is 10.0 Å². The van der Waals surface area contributed by atoms with Crippen LogP contribution in [-0.2, 0) is 4.79 Å². The van der Waals surface area contributed by atoms with Crippen LogP contribution in [0.2, 0.25) is 10.0 Å². The van der Waals surface area contributed by atoms with Gasteiger partial charge in [-0.05, 0) is 18.2 Å². The van der Waals surface area contributed by atoms with E-state index in [4.69, 9.17) is 23.2 Å². The Balaban J connectivity index is 2.30. The number of rotatable bonds is 1. The molecule has 0 aromatic heterocycles. The number of carbonyl (C=O) groups excluding carboxylic acids is 1. The summed E-state index contributed by atoms with van der Waals surface area (Å²) in [6.45, 7) is 0.625. The van der Waals surface area contributed by atoms with E-state index in [0.717, 1.165) is 5.69 Å². The van der Waals surface area contributed by atoms with Crippen molar-refractivity contribution in [1.29, 1.82) is 0 Å². The SMILES string of the molecule is O=C1CC(S)CN1c1ccc(Cl)c(Cl)c1. The second-order valence-corrected chi connectivity index (χ2v) is 5.01. The Morgan fingerprint density at radius 3 is 2.60 bits per heavy atom. The summed E-state index contributed by atoms with van der Waals surface area (Å²) in [5.74, 6) is 0.0772. The van der Waals surface area contributed by atoms with Gasteiger partial charge in [0.1, 0.15) is 0 Å². The molecule has 0 radical (unpaired) electrons. The number of thiol groups is 1. The van der Waals surface area contributed by atoms with E-state index in [1.165, 1.54) is 0 Å². The first-order valence-electron chi connectivity index (χ1n) is 4.51. The number of benzene rings is 1. The molecular formula is C10H9Cl2NOS. The van der Waals surface area contributed by atoms with E-state index in [1.54, 1.807) is 23.1 Å². The zero-order chi connectivity index (χ0) is 11.0. The van der Waals surface area contributed by atoms with Crippen molar-refractivity contribution in [3.05, 3.63) is 28.2 Å². The number of amides is 1. The van der Waals surface area contributed by atoms with Gasteiger partial charge in [0.15, 0.2) is 0 Å². The molecule has 1 aliphatic rings. The van der Waals surface area contributed by atoms with Crippen LogP contribution in [0.5, 0.6) is 0 Å². The first-order chi connectivity index (χ1) is 7.08. The van der Waals surface area contributed by atoms with Crippen molar-refractivity contribution in [1.82, 2.24) is 0 Å². The summed E-state index contributed by atoms with van der Waals surface area (Å²) in [5.41, 5.74) is 0.783. The van der Waals surface area contributed by atoms with Gasteiger partial charge in [-0.2, -0.15) is 12.6 Å². The Hall–Kier alpha value is -0.380. The van der Waals surface area contributed by atoms with Crippen molar-refractivity contribution in [2.75, 3.05) is 11.4 Å². The van der Waals surface area contributed by atoms with Gasteiger partial charge in [-0.1, -0.05) is 23.2 Å². The quantitative estimate of drug-likeness (QED) is 0.771. The van der Waals surface area contributed by atoms with Crippen LogP contribution in [0, 0.1) is 0 Å². The van der Waals surface area contributed by atoms with Crippen molar-refractivity contribution in [2.45, 2.75) is 11.7 Å². The third-order valence-corrected chi connectivity index (χ3v) is 3.40. The zero-order valence-corrected chi connectivity index (χ0v) is 10.2. The summed E-state index contributed by atoms with van der Waals surface area (Å²) >= 11 is 16.0. The summed E-state index contributed by atoms with van der Waals surface area (Å²) in [6, 6.07) is 5.18. The molecule has 0 saturated carbocycles. The molecule has 1 aromatic rings. The van der Waals surface area contributed by atoms with E-state index in [-0.39, 0.29) is 11.2 Å². The lowest BCUT2D eigenvalue weighted by Crippen LogP contribution is -2.24. The minimum atomic E-state index is 0.0772. The lowest BCUT2D eigenvalue weighted by molar-refractivity contribution is -0.117. The predicted molar refractivity (Wildman–Crippen MR) is 66.2 cm³/mol. The van der Waals surface area contributed by atoms with E-state index >= 15 is 0 Å². The molecule has 1 atom stereocenters. The topological polar surface area (TPSA) is 20.3 Å². The van der Waals surface area contributed by atoms with Crippen LogP contribution in [0.15, 0.2) is 18.2 Å². The number of carbonyl (C=O) groups is 1. The minimum absolute atomic E-state index is 0.0772. The Labute approximate surface area is 104 Å². The first kappa shape index (κ1) is 11.1. The molecule has 1 fully saturated rings. The smallest absolute Gasteiger partial charge is 0.228 e. The molecule has 15 heavy (non-hydrogen) atoms. The van der Waals surface area contributed by atoms with Gasteiger partial charge in [-0.15, -0.1) is 0 Å². The maximum atomic E-state index is 11.6. The lowest BCUT2D eigenvalue weighted by Gasteiger charge is -2.16. The zero-order valence-electron chi connectivity index (χ0n) is 7.78. The van der Waals surface area contributed by atoms with E-state index in [2.05, 4.69) is 12.6 Å². The van der Waals surface area contributed by atoms with Crippen LogP contribution >= 0.6 is 35.8 Å². The van der Waals surface area contributed by atoms with Crippen molar-refractivity contribution in [2.24, 2.45) is 0 Å². The molecule has 2 nitrogen and oxygen atoms in total. The van der Waals surface area contributed by atoms with E-state index in [9.17, 15) is 4.79 Å². The largest absolute Gasteiger partial charge is 0.311 e. The van der Waals surface area contributed by atoms with Gasteiger partial charge in [0.2, 0.25) is 5.91 Å². The van der Waals surface area contributed by atoms with E-state index < -0.39 is 0 Å². The molecular weight excluding hydrogens is 253 g/mol. The Bertz CT molecular complexity index is 410. The molecule has 0 spiro atoms. The summed E-state index contributed by atoms with van der Waals surface area (Å²) in [5, 5.41) is 1.06. The Morgan fingerprint density at radius 2 is 2.07 bits per heavy atom. The van der Waals surface area contributed by atoms with Crippen molar-refractivity contribution < 1.29 is 4.79 Å². The molecule has 80 valence electrons. The van der Waals surface area contributed by atoms with Gasteiger partial charge in [-0.25, -0.2) is 0 Å². The van der Waals surface area contributed by atoms with Crippen LogP contribution < -0.4 is 4.90 Å². The summed E-state index contributed by atoms with van der Waals surface area (Å²) in [4.78, 5) is 13.3. The van der Waals surface area contributed by atoms with Gasteiger partial charge in [0, 0.05) is 23.9 Å². The predicted octanol–water partition coefficient (Wildman–Crippen LogP) is 3.03. The molecule has 2 rings (SSSR count). The summed E-state index contributed by atoms with van der Waals surface area (Å²) in [7, 11) is 0. The Morgan fingerprint density at radius 1 is 1.33 bits per heavy atom. The summed E-state index contributed by atoms with van der Waals surface area (Å²) in [6.07, 6.45) is 0.476. The second kappa shape index (κ2) is 4.24. The molecule has 1 amide bonds. The van der Waals surface area contributed by atoms with Gasteiger partial charge >= 0.3 is 0 Å². The number of hydrogen-bond acceptors (Lipinski definition) is 2. The van der Waals surface area contributed by atoms with Crippen molar-refractivity contribution in [3.8, 4) is 0 Å². The fourth-order valence-electron chi connectivity index (χ4n) is 1.59. The van der Waals surface area contributed by atoms with Gasteiger partial charge in [-0.3, -0.25) is 4.79 Å². The molecule has 1 aliphatic heterocycles. The highest BCUT2D eigenvalue weighted by Gasteiger charge is 2.28. The number of hydrogen-bond donors (Lipinski definition) is 1. The maximum absolute atomic E-state index is 11.6. The molecule has 1 heterocycles. The average Bonchev–Trinajstić information content (AvgIpc) is 2.50. The minimum Gasteiger partial charge on any atom is -0.311 e. The molecule has 0 aliphatic carbocycles. The fraction of sp³-hybridized carbons (Fsp3) is 0.300. The lowest BCUT2D eigenvalue weighted by atomic mass is 10.3. The second-order valence-electron chi connectivity index (χ2n) is 3.46. The molecule has 0 N–H and O–H groups in total. The van der Waals surface area contributed by atoms with Gasteiger partial charge in [0.25, 0.3) is 0 Å². The van der Waals surface area contributed by atoms with Crippen LogP contribution in [0.3, 0.4) is 0 Å². The number of halogens is 2. The van der Waals surface area contributed by atoms with E-state index in [0.29, 0.717) is 23.0 Å². The average molecular weight is 262 g/mol. The Kier molecular flexibility index (Phi) is 3.14. The third-order valence-electron chi connectivity index (χ3n) is 2.32. The maximum Gasteiger partial charge on any atom is 0.228 e. The summed E-state index contributed by atoms with van der Waals surface area (Å²) < 4.78 is 0. The van der Waals surface area contributed by atoms with Crippen LogP contribution in [0.25, 0.3) is 0 Å².